The molecular weight excluding hydrogens is 728 g/mol. The molecule has 0 aromatic carbocycles. The van der Waals surface area contributed by atoms with Gasteiger partial charge in [-0.15, -0.1) is 0 Å². The Morgan fingerprint density at radius 1 is 1.05 bits per heavy atom. The number of aliphatic hydroxyl groups is 3. The maximum absolute atomic E-state index is 13.5. The molecule has 12 heteroatoms. The minimum absolute atomic E-state index is 0.145. The molecule has 2 rings (SSSR count). The molecular formula is C45H64N2O10. The van der Waals surface area contributed by atoms with Crippen LogP contribution in [0.25, 0.3) is 0 Å². The smallest absolute Gasteiger partial charge is 0.265 e. The van der Waals surface area contributed by atoms with E-state index in [-0.39, 0.29) is 35.8 Å². The summed E-state index contributed by atoms with van der Waals surface area (Å²) < 4.78 is 19.3. The van der Waals surface area contributed by atoms with Crippen molar-refractivity contribution >= 4 is 11.7 Å². The third kappa shape index (κ3) is 13.0. The molecule has 2 heterocycles. The van der Waals surface area contributed by atoms with E-state index in [1.165, 1.54) is 50.2 Å². The van der Waals surface area contributed by atoms with Crippen LogP contribution in [0, 0.1) is 17.3 Å². The first-order chi connectivity index (χ1) is 26.9. The Morgan fingerprint density at radius 3 is 2.35 bits per heavy atom. The van der Waals surface area contributed by atoms with Gasteiger partial charge in [0.05, 0.1) is 36.4 Å². The number of hydrogen-bond acceptors (Lipinski definition) is 10. The molecule has 5 N–H and O–H groups in total. The fraction of sp³-hybridized carbons (Fsp3) is 0.489. The highest BCUT2D eigenvalue weighted by atomic mass is 16.7. The van der Waals surface area contributed by atoms with E-state index in [0.29, 0.717) is 6.42 Å². The zero-order valence-electron chi connectivity index (χ0n) is 35.1. The Morgan fingerprint density at radius 2 is 1.72 bits per heavy atom. The summed E-state index contributed by atoms with van der Waals surface area (Å²) in [6.45, 7) is 13.1. The normalized spacial score (nSPS) is 23.6. The molecule has 0 bridgehead atoms. The maximum atomic E-state index is 13.5. The van der Waals surface area contributed by atoms with Crippen molar-refractivity contribution in [3.8, 4) is 5.75 Å². The van der Waals surface area contributed by atoms with Gasteiger partial charge in [0.15, 0.2) is 11.6 Å². The molecule has 0 saturated carbocycles. The number of ether oxygens (including phenoxy) is 3. The number of aliphatic hydroxyl groups excluding tert-OH is 3. The van der Waals surface area contributed by atoms with E-state index in [1.807, 2.05) is 65.0 Å². The fourth-order valence-electron chi connectivity index (χ4n) is 6.66. The largest absolute Gasteiger partial charge is 0.507 e. The van der Waals surface area contributed by atoms with Crippen LogP contribution in [-0.2, 0) is 26.1 Å². The van der Waals surface area contributed by atoms with Gasteiger partial charge in [0.25, 0.3) is 5.56 Å². The molecule has 12 nitrogen and oxygen atoms in total. The van der Waals surface area contributed by atoms with Crippen LogP contribution < -0.4 is 10.9 Å². The van der Waals surface area contributed by atoms with E-state index in [0.717, 1.165) is 5.57 Å². The van der Waals surface area contributed by atoms with Crippen molar-refractivity contribution in [3.63, 3.8) is 0 Å². The van der Waals surface area contributed by atoms with Crippen LogP contribution in [0.5, 0.6) is 5.75 Å². The van der Waals surface area contributed by atoms with E-state index < -0.39 is 64.9 Å². The number of allylic oxidation sites excluding steroid dienone is 12. The van der Waals surface area contributed by atoms with Gasteiger partial charge < -0.3 is 44.5 Å². The Hall–Kier alpha value is -4.43. The summed E-state index contributed by atoms with van der Waals surface area (Å²) in [4.78, 5) is 38.4. The third-order valence-corrected chi connectivity index (χ3v) is 10.5. The minimum atomic E-state index is -1.31. The Labute approximate surface area is 337 Å². The number of methoxy groups -OCH3 is 2. The number of nitrogens with zero attached hydrogens (tertiary/aromatic N) is 1. The van der Waals surface area contributed by atoms with Crippen LogP contribution in [0.2, 0.25) is 0 Å². The monoisotopic (exact) mass is 792 g/mol. The lowest BCUT2D eigenvalue weighted by Gasteiger charge is -2.52. The number of aromatic hydroxyl groups is 1. The van der Waals surface area contributed by atoms with E-state index in [1.54, 1.807) is 56.4 Å². The molecule has 1 saturated heterocycles. The molecule has 1 fully saturated rings. The van der Waals surface area contributed by atoms with Gasteiger partial charge in [0.2, 0.25) is 5.91 Å². The van der Waals surface area contributed by atoms with Gasteiger partial charge in [0.1, 0.15) is 11.3 Å². The van der Waals surface area contributed by atoms with Gasteiger partial charge in [-0.3, -0.25) is 14.4 Å². The van der Waals surface area contributed by atoms with Crippen molar-refractivity contribution < 1.29 is 44.2 Å². The SMILES string of the molecule is C/C=C/C=C/[C@@H]1O[C@](OC)([C@H](CC)C(=O)NC/C=C/C=C(\C)C(OC)C(C)C(O)C(O)/C=C/C=C/C=C/C=C(\C)C(=O)c2c(O)ccn(C)c2=O)C[C@H](O)C1(C)C. The van der Waals surface area contributed by atoms with Crippen molar-refractivity contribution in [3.05, 3.63) is 124 Å². The van der Waals surface area contributed by atoms with Crippen molar-refractivity contribution in [2.24, 2.45) is 24.3 Å². The number of Topliss-reactive ketones (excluding diaryl/α,β-unsaturated/α-hetero) is 1. The van der Waals surface area contributed by atoms with E-state index in [9.17, 15) is 34.8 Å². The average molecular weight is 793 g/mol. The van der Waals surface area contributed by atoms with Crippen LogP contribution in [0.15, 0.2) is 113 Å². The number of carbonyl (C=O) groups is 2. The lowest BCUT2D eigenvalue weighted by atomic mass is 9.72. The molecule has 4 unspecified atom stereocenters. The minimum Gasteiger partial charge on any atom is -0.507 e. The number of hydrogen-bond donors (Lipinski definition) is 5. The van der Waals surface area contributed by atoms with Crippen LogP contribution in [0.3, 0.4) is 0 Å². The van der Waals surface area contributed by atoms with Crippen LogP contribution in [-0.4, -0.2) is 93.8 Å². The second-order valence-corrected chi connectivity index (χ2v) is 14.9. The lowest BCUT2D eigenvalue weighted by molar-refractivity contribution is -0.324. The predicted molar refractivity (Wildman–Crippen MR) is 223 cm³/mol. The zero-order chi connectivity index (χ0) is 42.9. The summed E-state index contributed by atoms with van der Waals surface area (Å²) in [7, 11) is 4.52. The summed E-state index contributed by atoms with van der Waals surface area (Å²) >= 11 is 0. The first kappa shape index (κ1) is 48.7. The Balaban J connectivity index is 1.98. The first-order valence-corrected chi connectivity index (χ1v) is 19.3. The van der Waals surface area contributed by atoms with Gasteiger partial charge in [-0.1, -0.05) is 113 Å². The standard InChI is InChI=1S/C45H64N2O10/c1-11-13-17-25-37-44(6,7)36(50)29-45(56-10,57-37)33(12-2)42(53)46-27-21-20-23-31(4)41(55-9)32(5)40(52)35(49)24-19-16-14-15-18-22-30(3)39(51)38-34(48)26-28-47(8)43(38)54/h11,13-26,28,32-33,35-37,40-41,48-50,52H,12,27,29H2,1-10H3,(H,46,53)/b13-11+,16-14+,18-15+,21-20+,24-19+,25-17+,30-22+,31-23+/t32?,33-,35?,36+,37+,40?,41?,45+/m1/s1. The van der Waals surface area contributed by atoms with Gasteiger partial charge >= 0.3 is 0 Å². The van der Waals surface area contributed by atoms with Crippen molar-refractivity contribution in [2.75, 3.05) is 20.8 Å². The van der Waals surface area contributed by atoms with Crippen molar-refractivity contribution in [1.82, 2.24) is 9.88 Å². The lowest BCUT2D eigenvalue weighted by Crippen LogP contribution is -2.61. The summed E-state index contributed by atoms with van der Waals surface area (Å²) in [6.07, 6.45) is 21.9. The number of aryl methyl sites for hydroxylation is 1. The summed E-state index contributed by atoms with van der Waals surface area (Å²) in [5.41, 5.74) is -0.403. The van der Waals surface area contributed by atoms with E-state index in [2.05, 4.69) is 5.32 Å². The zero-order valence-corrected chi connectivity index (χ0v) is 35.1. The Kier molecular flexibility index (Phi) is 19.7. The molecule has 314 valence electrons. The van der Waals surface area contributed by atoms with E-state index in [4.69, 9.17) is 14.2 Å². The second kappa shape index (κ2) is 23.1. The Bertz CT molecular complexity index is 1800. The number of ketones is 1. The van der Waals surface area contributed by atoms with Gasteiger partial charge in [-0.2, -0.15) is 0 Å². The molecule has 0 aliphatic carbocycles. The molecule has 1 amide bonds. The molecule has 0 spiro atoms. The van der Waals surface area contributed by atoms with Crippen LogP contribution in [0.1, 0.15) is 71.7 Å². The van der Waals surface area contributed by atoms with Gasteiger partial charge in [-0.05, 0) is 44.4 Å². The molecule has 1 aliphatic rings. The highest BCUT2D eigenvalue weighted by Crippen LogP contribution is 2.46. The number of rotatable bonds is 20. The van der Waals surface area contributed by atoms with Crippen molar-refractivity contribution in [2.45, 2.75) is 97.6 Å². The van der Waals surface area contributed by atoms with E-state index >= 15 is 0 Å². The highest BCUT2D eigenvalue weighted by Gasteiger charge is 2.55. The molecule has 57 heavy (non-hydrogen) atoms. The number of carbonyl (C=O) groups excluding carboxylic acids is 2. The molecule has 1 aromatic rings. The number of amides is 1. The number of nitrogens with one attached hydrogen (secondary N) is 1. The molecule has 1 aliphatic heterocycles. The quantitative estimate of drug-likeness (QED) is 0.0639. The molecule has 1 aromatic heterocycles. The topological polar surface area (TPSA) is 177 Å². The second-order valence-electron chi connectivity index (χ2n) is 14.9. The first-order valence-electron chi connectivity index (χ1n) is 19.3. The fourth-order valence-corrected chi connectivity index (χ4v) is 6.66. The highest BCUT2D eigenvalue weighted by molar-refractivity contribution is 6.09. The van der Waals surface area contributed by atoms with Gasteiger partial charge in [0, 0.05) is 51.8 Å². The van der Waals surface area contributed by atoms with Gasteiger partial charge in [-0.25, -0.2) is 0 Å². The predicted octanol–water partition coefficient (Wildman–Crippen LogP) is 5.56. The average Bonchev–Trinajstić information content (AvgIpc) is 3.17. The summed E-state index contributed by atoms with van der Waals surface area (Å²) in [6, 6.07) is 1.29. The summed E-state index contributed by atoms with van der Waals surface area (Å²) in [5, 5.41) is 45.7. The molecule has 0 radical (unpaired) electrons. The third-order valence-electron chi connectivity index (χ3n) is 10.5. The van der Waals surface area contributed by atoms with Crippen LogP contribution in [0.4, 0.5) is 0 Å². The van der Waals surface area contributed by atoms with Crippen molar-refractivity contribution in [1.29, 1.82) is 0 Å². The number of pyridine rings is 1. The molecule has 8 atom stereocenters. The maximum Gasteiger partial charge on any atom is 0.265 e. The number of aromatic nitrogens is 1. The van der Waals surface area contributed by atoms with Crippen LogP contribution >= 0.6 is 0 Å². The summed E-state index contributed by atoms with van der Waals surface area (Å²) in [5.74, 6) is -3.68.